The van der Waals surface area contributed by atoms with E-state index in [-0.39, 0.29) is 5.91 Å². The minimum absolute atomic E-state index is 0.222. The largest absolute Gasteiger partial charge is 0.452 e. The summed E-state index contributed by atoms with van der Waals surface area (Å²) in [6.07, 6.45) is -0.306. The molecular weight excluding hydrogens is 357 g/mol. The molecule has 0 unspecified atom stereocenters. The normalized spacial score (nSPS) is 15.6. The maximum atomic E-state index is 13.0. The van der Waals surface area contributed by atoms with Crippen LogP contribution in [-0.4, -0.2) is 55.0 Å². The zero-order valence-electron chi connectivity index (χ0n) is 15.2. The van der Waals surface area contributed by atoms with E-state index in [4.69, 9.17) is 4.74 Å². The molecule has 1 aliphatic rings. The van der Waals surface area contributed by atoms with Crippen molar-refractivity contribution in [2.45, 2.75) is 25.9 Å². The van der Waals surface area contributed by atoms with E-state index >= 15 is 0 Å². The Morgan fingerprint density at radius 1 is 1.15 bits per heavy atom. The van der Waals surface area contributed by atoms with E-state index in [1.54, 1.807) is 4.90 Å². The highest BCUT2D eigenvalue weighted by Gasteiger charge is 2.31. The summed E-state index contributed by atoms with van der Waals surface area (Å²) < 4.78 is 18.1. The molecule has 0 aliphatic carbocycles. The number of halogens is 1. The molecule has 1 aromatic carbocycles. The number of hydrogen-bond acceptors (Lipinski definition) is 5. The maximum Gasteiger partial charge on any atom is 0.321 e. The highest BCUT2D eigenvalue weighted by Crippen LogP contribution is 2.21. The van der Waals surface area contributed by atoms with Gasteiger partial charge in [0.1, 0.15) is 5.82 Å². The minimum atomic E-state index is -1.10. The summed E-state index contributed by atoms with van der Waals surface area (Å²) in [7, 11) is 1.36. The van der Waals surface area contributed by atoms with Gasteiger partial charge in [-0.2, -0.15) is 0 Å². The first kappa shape index (κ1) is 20.3. The zero-order chi connectivity index (χ0) is 20.0. The zero-order valence-corrected chi connectivity index (χ0v) is 15.2. The Hall–Kier alpha value is -2.97. The number of carbonyl (C=O) groups excluding carboxylic acids is 4. The Balaban J connectivity index is 1.83. The lowest BCUT2D eigenvalue weighted by Crippen LogP contribution is -2.45. The van der Waals surface area contributed by atoms with Crippen LogP contribution in [0.25, 0.3) is 0 Å². The number of piperidine rings is 1. The number of carbonyl (C=O) groups is 4. The van der Waals surface area contributed by atoms with Crippen LogP contribution in [0.5, 0.6) is 0 Å². The fourth-order valence-corrected chi connectivity index (χ4v) is 2.69. The summed E-state index contributed by atoms with van der Waals surface area (Å²) in [5.74, 6) is -2.32. The van der Waals surface area contributed by atoms with Gasteiger partial charge in [0.2, 0.25) is 0 Å². The predicted octanol–water partition coefficient (Wildman–Crippen LogP) is 1.07. The number of esters is 1. The lowest BCUT2D eigenvalue weighted by Gasteiger charge is -2.31. The summed E-state index contributed by atoms with van der Waals surface area (Å²) in [5.41, 5.74) is 0.386. The van der Waals surface area contributed by atoms with Crippen LogP contribution in [0.3, 0.4) is 0 Å². The van der Waals surface area contributed by atoms with Crippen molar-refractivity contribution in [3.63, 3.8) is 0 Å². The molecular formula is C18H22FN3O5. The SMILES string of the molecule is CNC(=O)NC(=O)[C@@H](C)OC(=O)C1CCN(C(=O)c2ccc(F)cc2)CC1. The molecule has 0 radical (unpaired) electrons. The summed E-state index contributed by atoms with van der Waals surface area (Å²) in [6.45, 7) is 2.09. The molecule has 8 nitrogen and oxygen atoms in total. The fourth-order valence-electron chi connectivity index (χ4n) is 2.69. The van der Waals surface area contributed by atoms with Crippen LogP contribution in [-0.2, 0) is 14.3 Å². The first-order valence-electron chi connectivity index (χ1n) is 8.59. The van der Waals surface area contributed by atoms with Gasteiger partial charge in [-0.15, -0.1) is 0 Å². The quantitative estimate of drug-likeness (QED) is 0.762. The standard InChI is InChI=1S/C18H22FN3O5/c1-11(15(23)21-18(26)20-2)27-17(25)13-7-9-22(10-8-13)16(24)12-3-5-14(19)6-4-12/h3-6,11,13H,7-10H2,1-2H3,(H2,20,21,23,26)/t11-/m1/s1. The Morgan fingerprint density at radius 2 is 1.74 bits per heavy atom. The Labute approximate surface area is 156 Å². The van der Waals surface area contributed by atoms with E-state index < -0.39 is 35.7 Å². The van der Waals surface area contributed by atoms with E-state index in [0.29, 0.717) is 31.5 Å². The van der Waals surface area contributed by atoms with E-state index in [1.165, 1.54) is 38.2 Å². The summed E-state index contributed by atoms with van der Waals surface area (Å²) in [4.78, 5) is 49.0. The Bertz CT molecular complexity index is 714. The lowest BCUT2D eigenvalue weighted by molar-refractivity contribution is -0.159. The monoisotopic (exact) mass is 379 g/mol. The van der Waals surface area contributed by atoms with Gasteiger partial charge < -0.3 is 15.0 Å². The van der Waals surface area contributed by atoms with Crippen LogP contribution in [0.4, 0.5) is 9.18 Å². The molecule has 4 amide bonds. The summed E-state index contributed by atoms with van der Waals surface area (Å²) in [6, 6.07) is 4.61. The molecule has 146 valence electrons. The van der Waals surface area contributed by atoms with Gasteiger partial charge in [-0.1, -0.05) is 0 Å². The summed E-state index contributed by atoms with van der Waals surface area (Å²) in [5, 5.41) is 4.27. The van der Waals surface area contributed by atoms with Gasteiger partial charge in [-0.05, 0) is 44.0 Å². The van der Waals surface area contributed by atoms with Crippen molar-refractivity contribution in [2.75, 3.05) is 20.1 Å². The van der Waals surface area contributed by atoms with Gasteiger partial charge in [0, 0.05) is 25.7 Å². The van der Waals surface area contributed by atoms with Crippen LogP contribution >= 0.6 is 0 Å². The van der Waals surface area contributed by atoms with Gasteiger partial charge >= 0.3 is 12.0 Å². The van der Waals surface area contributed by atoms with Gasteiger partial charge in [0.25, 0.3) is 11.8 Å². The van der Waals surface area contributed by atoms with Crippen LogP contribution in [0, 0.1) is 11.7 Å². The smallest absolute Gasteiger partial charge is 0.321 e. The van der Waals surface area contributed by atoms with Crippen LogP contribution in [0.2, 0.25) is 0 Å². The molecule has 2 N–H and O–H groups in total. The average Bonchev–Trinajstić information content (AvgIpc) is 2.67. The second-order valence-electron chi connectivity index (χ2n) is 6.22. The molecule has 27 heavy (non-hydrogen) atoms. The number of ether oxygens (including phenoxy) is 1. The second kappa shape index (κ2) is 9.11. The number of likely N-dealkylation sites (tertiary alicyclic amines) is 1. The van der Waals surface area contributed by atoms with Gasteiger partial charge in [0.15, 0.2) is 6.10 Å². The van der Waals surface area contributed by atoms with Crippen molar-refractivity contribution in [3.8, 4) is 0 Å². The summed E-state index contributed by atoms with van der Waals surface area (Å²) >= 11 is 0. The molecule has 0 bridgehead atoms. The number of amides is 4. The topological polar surface area (TPSA) is 105 Å². The third kappa shape index (κ3) is 5.50. The Kier molecular flexibility index (Phi) is 6.86. The number of imide groups is 1. The molecule has 0 saturated carbocycles. The Morgan fingerprint density at radius 3 is 2.30 bits per heavy atom. The predicted molar refractivity (Wildman–Crippen MR) is 93.2 cm³/mol. The van der Waals surface area contributed by atoms with E-state index in [9.17, 15) is 23.6 Å². The number of nitrogens with zero attached hydrogens (tertiary/aromatic N) is 1. The molecule has 0 aromatic heterocycles. The van der Waals surface area contributed by atoms with Crippen molar-refractivity contribution in [1.29, 1.82) is 0 Å². The van der Waals surface area contributed by atoms with E-state index in [1.807, 2.05) is 5.32 Å². The number of urea groups is 1. The molecule has 2 rings (SSSR count). The molecule has 1 atom stereocenters. The van der Waals surface area contributed by atoms with Crippen molar-refractivity contribution in [3.05, 3.63) is 35.6 Å². The first-order chi connectivity index (χ1) is 12.8. The minimum Gasteiger partial charge on any atom is -0.452 e. The number of nitrogens with one attached hydrogen (secondary N) is 2. The second-order valence-corrected chi connectivity index (χ2v) is 6.22. The number of benzene rings is 1. The molecule has 1 aliphatic heterocycles. The van der Waals surface area contributed by atoms with Crippen LogP contribution in [0.1, 0.15) is 30.1 Å². The molecule has 1 aromatic rings. The van der Waals surface area contributed by atoms with E-state index in [2.05, 4.69) is 5.32 Å². The van der Waals surface area contributed by atoms with Gasteiger partial charge in [-0.25, -0.2) is 9.18 Å². The van der Waals surface area contributed by atoms with Gasteiger partial charge in [-0.3, -0.25) is 19.7 Å². The number of hydrogen-bond donors (Lipinski definition) is 2. The van der Waals surface area contributed by atoms with Gasteiger partial charge in [0.05, 0.1) is 5.92 Å². The van der Waals surface area contributed by atoms with Crippen molar-refractivity contribution >= 4 is 23.8 Å². The lowest BCUT2D eigenvalue weighted by atomic mass is 9.96. The number of rotatable bonds is 4. The van der Waals surface area contributed by atoms with Crippen LogP contribution in [0.15, 0.2) is 24.3 Å². The average molecular weight is 379 g/mol. The molecule has 1 saturated heterocycles. The van der Waals surface area contributed by atoms with Crippen molar-refractivity contribution in [2.24, 2.45) is 5.92 Å². The third-order valence-electron chi connectivity index (χ3n) is 4.33. The molecule has 0 spiro atoms. The van der Waals surface area contributed by atoms with Crippen LogP contribution < -0.4 is 10.6 Å². The highest BCUT2D eigenvalue weighted by atomic mass is 19.1. The molecule has 1 fully saturated rings. The molecule has 9 heteroatoms. The fraction of sp³-hybridized carbons (Fsp3) is 0.444. The molecule has 1 heterocycles. The van der Waals surface area contributed by atoms with Crippen molar-refractivity contribution in [1.82, 2.24) is 15.5 Å². The van der Waals surface area contributed by atoms with Crippen molar-refractivity contribution < 1.29 is 28.3 Å². The highest BCUT2D eigenvalue weighted by molar-refractivity contribution is 5.97. The first-order valence-corrected chi connectivity index (χ1v) is 8.59. The maximum absolute atomic E-state index is 13.0. The van der Waals surface area contributed by atoms with E-state index in [0.717, 1.165) is 0 Å². The third-order valence-corrected chi connectivity index (χ3v) is 4.33.